The van der Waals surface area contributed by atoms with Crippen LogP contribution in [0.2, 0.25) is 0 Å². The number of Topliss-reactive ketones (excluding diaryl/α,β-unsaturated/α-hetero) is 1. The second-order valence-corrected chi connectivity index (χ2v) is 11.8. The van der Waals surface area contributed by atoms with Gasteiger partial charge in [-0.15, -0.1) is 22.1 Å². The van der Waals surface area contributed by atoms with E-state index in [-0.39, 0.29) is 59.4 Å². The van der Waals surface area contributed by atoms with Crippen LogP contribution in [0.25, 0.3) is 33.7 Å². The number of carboxylic acids is 1. The molecule has 0 spiro atoms. The van der Waals surface area contributed by atoms with Crippen LogP contribution in [0.15, 0.2) is 30.9 Å². The largest absolute Gasteiger partial charge is 2.00 e. The first kappa shape index (κ1) is 32.4. The Hall–Kier alpha value is -4.02. The zero-order chi connectivity index (χ0) is 31.6. The Morgan fingerprint density at radius 1 is 1.04 bits per heavy atom. The van der Waals surface area contributed by atoms with Crippen LogP contribution in [0, 0.1) is 13.8 Å². The second kappa shape index (κ2) is 12.1. The zero-order valence-electron chi connectivity index (χ0n) is 26.4. The number of rotatable bonds is 5. The maximum atomic E-state index is 14.0. The van der Waals surface area contributed by atoms with Crippen molar-refractivity contribution in [2.24, 2.45) is 0 Å². The summed E-state index contributed by atoms with van der Waals surface area (Å²) >= 11 is 0. The third-order valence-electron chi connectivity index (χ3n) is 9.45. The normalized spacial score (nSPS) is 21.1. The van der Waals surface area contributed by atoms with Gasteiger partial charge in [0.1, 0.15) is 5.92 Å². The molecule has 0 amide bonds. The number of aryl methyl sites for hydroxylation is 2. The molecule has 3 aliphatic rings. The molecule has 10 heteroatoms. The average Bonchev–Trinajstić information content (AvgIpc) is 3.72. The first-order chi connectivity index (χ1) is 21.0. The molecule has 9 nitrogen and oxygen atoms in total. The van der Waals surface area contributed by atoms with Crippen LogP contribution in [0.1, 0.15) is 113 Å². The number of ether oxygens (including phenoxy) is 1. The standard InChI is InChI=1S/C35H36N4O5.Mg/c1-8-19-15(3)22-12-24-17(5)21(10-11-28(40)41)32(38-24)30-31(35(43)44-7)34(42)29-18(6)25(39-33(29)30)14-27-20(9-2)16(4)23(37-27)13-26(19)36-22;/h8-9,12-14,16-17,21,31H,1,10-11H2,2-7H3,(H3,36,37,38,39,40,41,42);/q;+2/p-2/b20-9-;/t16-,17+,21+,31-;/m1./s1. The number of nitrogens with zero attached hydrogens (tertiary/aromatic N) is 4. The Labute approximate surface area is 277 Å². The fourth-order valence-corrected chi connectivity index (χ4v) is 6.96. The quantitative estimate of drug-likeness (QED) is 0.213. The molecule has 8 bridgehead atoms. The third-order valence-corrected chi connectivity index (χ3v) is 9.45. The van der Waals surface area contributed by atoms with Gasteiger partial charge in [-0.25, -0.2) is 0 Å². The average molecular weight is 615 g/mol. The Balaban J connectivity index is 0.00000400. The number of aliphatic carboxylic acids is 1. The molecule has 0 fully saturated rings. The van der Waals surface area contributed by atoms with Crippen LogP contribution in [-0.4, -0.2) is 63.0 Å². The number of ketones is 1. The topological polar surface area (TPSA) is 135 Å². The number of esters is 1. The minimum Gasteiger partial charge on any atom is -0.657 e. The van der Waals surface area contributed by atoms with E-state index in [4.69, 9.17) is 24.7 Å². The van der Waals surface area contributed by atoms with Gasteiger partial charge in [0.15, 0.2) is 5.78 Å². The van der Waals surface area contributed by atoms with Crippen LogP contribution >= 0.6 is 0 Å². The number of carboxylic acid groups (broad SMARTS) is 1. The summed E-state index contributed by atoms with van der Waals surface area (Å²) in [5.41, 5.74) is 9.53. The molecule has 2 aliphatic heterocycles. The Bertz CT molecular complexity index is 1980. The molecule has 3 aromatic rings. The number of hydrogen-bond acceptors (Lipinski definition) is 6. The molecule has 3 aromatic heterocycles. The fourth-order valence-electron chi connectivity index (χ4n) is 6.96. The van der Waals surface area contributed by atoms with Gasteiger partial charge in [0.2, 0.25) is 0 Å². The summed E-state index contributed by atoms with van der Waals surface area (Å²) in [5, 5.41) is 9.59. The van der Waals surface area contributed by atoms with Gasteiger partial charge in [-0.2, -0.15) is 0 Å². The summed E-state index contributed by atoms with van der Waals surface area (Å²) < 4.78 is 5.11. The van der Waals surface area contributed by atoms with E-state index in [2.05, 4.69) is 13.5 Å². The number of carbonyl (C=O) groups excluding carboxylic acids is 2. The van der Waals surface area contributed by atoms with E-state index in [1.54, 1.807) is 6.08 Å². The Morgan fingerprint density at radius 2 is 1.73 bits per heavy atom. The molecule has 0 saturated carbocycles. The van der Waals surface area contributed by atoms with Gasteiger partial charge in [0, 0.05) is 46.8 Å². The number of allylic oxidation sites excluding steroid dienone is 2. The maximum Gasteiger partial charge on any atom is 2.00 e. The van der Waals surface area contributed by atoms with E-state index in [9.17, 15) is 19.5 Å². The molecule has 6 rings (SSSR count). The van der Waals surface area contributed by atoms with Crippen molar-refractivity contribution < 1.29 is 24.2 Å². The van der Waals surface area contributed by atoms with Crippen LogP contribution in [0.5, 0.6) is 0 Å². The molecule has 0 aromatic carbocycles. The van der Waals surface area contributed by atoms with Gasteiger partial charge >= 0.3 is 35.0 Å². The molecule has 45 heavy (non-hydrogen) atoms. The van der Waals surface area contributed by atoms with E-state index < -0.39 is 17.9 Å². The van der Waals surface area contributed by atoms with E-state index in [0.717, 1.165) is 39.1 Å². The molecule has 226 valence electrons. The number of methoxy groups -OCH3 is 1. The molecular weight excluding hydrogens is 581 g/mol. The van der Waals surface area contributed by atoms with Gasteiger partial charge in [-0.05, 0) is 43.9 Å². The zero-order valence-corrected chi connectivity index (χ0v) is 27.8. The molecular formula is C35H34MgN4O5. The summed E-state index contributed by atoms with van der Waals surface area (Å²) in [5.74, 6) is -3.83. The SMILES string of the molecule is C=Cc1c(C)c2cc3nc(c4c5[n-]c(cc6nc(cc1[n-]2)[C@H](C)/C6=C/C)c(C)c5C(=O)[C@@H]4C(=O)OC)[C@@H](CCC(=O)O)[C@@H]3C.[Mg+2]. The molecule has 0 saturated heterocycles. The van der Waals surface area contributed by atoms with Gasteiger partial charge in [-0.3, -0.25) is 24.4 Å². The van der Waals surface area contributed by atoms with Crippen molar-refractivity contribution in [2.45, 2.75) is 71.1 Å². The summed E-state index contributed by atoms with van der Waals surface area (Å²) in [4.78, 5) is 58.8. The summed E-state index contributed by atoms with van der Waals surface area (Å²) in [6.07, 6.45) is 4.00. The number of hydrogen-bond donors (Lipinski definition) is 1. The molecule has 0 unspecified atom stereocenters. The van der Waals surface area contributed by atoms with Crippen molar-refractivity contribution in [3.8, 4) is 0 Å². The van der Waals surface area contributed by atoms with Crippen LogP contribution < -0.4 is 9.97 Å². The molecule has 1 aliphatic carbocycles. The first-order valence-corrected chi connectivity index (χ1v) is 14.8. The van der Waals surface area contributed by atoms with Crippen molar-refractivity contribution in [1.29, 1.82) is 0 Å². The monoisotopic (exact) mass is 614 g/mol. The van der Waals surface area contributed by atoms with Crippen molar-refractivity contribution >= 4 is 74.5 Å². The van der Waals surface area contributed by atoms with Crippen molar-refractivity contribution in [3.63, 3.8) is 0 Å². The minimum atomic E-state index is -1.23. The smallest absolute Gasteiger partial charge is 0.657 e. The molecule has 4 atom stereocenters. The Morgan fingerprint density at radius 3 is 2.38 bits per heavy atom. The predicted molar refractivity (Wildman–Crippen MR) is 173 cm³/mol. The van der Waals surface area contributed by atoms with Crippen molar-refractivity contribution in [1.82, 2.24) is 19.9 Å². The summed E-state index contributed by atoms with van der Waals surface area (Å²) in [7, 11) is 1.25. The molecule has 5 heterocycles. The maximum absolute atomic E-state index is 14.0. The third kappa shape index (κ3) is 5.04. The van der Waals surface area contributed by atoms with Crippen LogP contribution in [-0.2, 0) is 14.3 Å². The summed E-state index contributed by atoms with van der Waals surface area (Å²) in [6.45, 7) is 13.9. The van der Waals surface area contributed by atoms with Crippen LogP contribution in [0.3, 0.4) is 0 Å². The van der Waals surface area contributed by atoms with E-state index in [1.807, 2.05) is 52.0 Å². The second-order valence-electron chi connectivity index (χ2n) is 11.8. The number of aromatic nitrogens is 4. The van der Waals surface area contributed by atoms with Crippen molar-refractivity contribution in [3.05, 3.63) is 81.4 Å². The predicted octanol–water partition coefficient (Wildman–Crippen LogP) is 5.86. The van der Waals surface area contributed by atoms with E-state index >= 15 is 0 Å². The first-order valence-electron chi connectivity index (χ1n) is 14.8. The fraction of sp³-hybridized carbons (Fsp3) is 0.343. The Kier molecular flexibility index (Phi) is 8.67. The molecule has 0 radical (unpaired) electrons. The van der Waals surface area contributed by atoms with Gasteiger partial charge in [-0.1, -0.05) is 61.9 Å². The van der Waals surface area contributed by atoms with Gasteiger partial charge < -0.3 is 19.8 Å². The number of carbonyl (C=O) groups is 3. The van der Waals surface area contributed by atoms with Crippen LogP contribution in [0.4, 0.5) is 0 Å². The minimum absolute atomic E-state index is 0. The van der Waals surface area contributed by atoms with Gasteiger partial charge in [0.25, 0.3) is 0 Å². The summed E-state index contributed by atoms with van der Waals surface area (Å²) in [6, 6.07) is 5.80. The van der Waals surface area contributed by atoms with E-state index in [1.165, 1.54) is 7.11 Å². The molecule has 1 N–H and O–H groups in total. The van der Waals surface area contributed by atoms with Crippen molar-refractivity contribution in [2.75, 3.05) is 7.11 Å². The van der Waals surface area contributed by atoms with E-state index in [0.29, 0.717) is 39.1 Å². The number of fused-ring (bicyclic) bond motifs is 8. The van der Waals surface area contributed by atoms with Gasteiger partial charge in [0.05, 0.1) is 12.8 Å².